The Morgan fingerprint density at radius 3 is 2.85 bits per heavy atom. The number of nitrogens with one attached hydrogen (secondary N) is 1. The molecule has 5 heteroatoms. The molecule has 0 aliphatic carbocycles. The minimum atomic E-state index is -0.00684. The number of nitrogens with zero attached hydrogens (tertiary/aromatic N) is 1. The van der Waals surface area contributed by atoms with E-state index in [0.29, 0.717) is 0 Å². The quantitative estimate of drug-likeness (QED) is 0.761. The number of halogens is 1. The summed E-state index contributed by atoms with van der Waals surface area (Å²) >= 11 is 6.08. The summed E-state index contributed by atoms with van der Waals surface area (Å²) in [6, 6.07) is 15.5. The van der Waals surface area contributed by atoms with Crippen LogP contribution in [0.5, 0.6) is 5.75 Å². The zero-order valence-corrected chi connectivity index (χ0v) is 16.7. The molecular formula is C22H27ClN2O2. The fourth-order valence-electron chi connectivity index (χ4n) is 3.47. The van der Waals surface area contributed by atoms with E-state index in [0.717, 1.165) is 48.9 Å². The van der Waals surface area contributed by atoms with Gasteiger partial charge in [-0.3, -0.25) is 9.69 Å². The van der Waals surface area contributed by atoms with Gasteiger partial charge in [0.2, 0.25) is 5.91 Å². The number of likely N-dealkylation sites (tertiary alicyclic amines) is 1. The van der Waals surface area contributed by atoms with Crippen LogP contribution in [-0.2, 0) is 11.3 Å². The summed E-state index contributed by atoms with van der Waals surface area (Å²) in [4.78, 5) is 15.1. The van der Waals surface area contributed by atoms with Gasteiger partial charge >= 0.3 is 0 Å². The maximum atomic E-state index is 12.8. The summed E-state index contributed by atoms with van der Waals surface area (Å²) in [6.07, 6.45) is 2.05. The van der Waals surface area contributed by atoms with E-state index in [4.69, 9.17) is 16.3 Å². The topological polar surface area (TPSA) is 41.6 Å². The third-order valence-corrected chi connectivity index (χ3v) is 4.88. The molecule has 0 aromatic heterocycles. The number of amides is 1. The lowest BCUT2D eigenvalue weighted by Crippen LogP contribution is -2.40. The number of rotatable bonds is 6. The van der Waals surface area contributed by atoms with Crippen LogP contribution in [0.1, 0.15) is 32.3 Å². The van der Waals surface area contributed by atoms with Crippen LogP contribution in [0.3, 0.4) is 0 Å². The smallest absolute Gasteiger partial charge is 0.228 e. The standard InChI is InChI=1S/C22H27ClN2O2/c1-16(2)27-21-10-4-9-20(13-21)24-22(26)18-7-5-11-25(15-18)14-17-6-3-8-19(23)12-17/h3-4,6,8-10,12-13,16,18H,5,7,11,14-15H2,1-2H3,(H,24,26). The van der Waals surface area contributed by atoms with Gasteiger partial charge in [0.1, 0.15) is 5.75 Å². The molecule has 1 saturated heterocycles. The fourth-order valence-corrected chi connectivity index (χ4v) is 3.68. The van der Waals surface area contributed by atoms with E-state index in [-0.39, 0.29) is 17.9 Å². The van der Waals surface area contributed by atoms with Crippen molar-refractivity contribution in [2.75, 3.05) is 18.4 Å². The van der Waals surface area contributed by atoms with E-state index < -0.39 is 0 Å². The van der Waals surface area contributed by atoms with E-state index in [1.54, 1.807) is 0 Å². The average molecular weight is 387 g/mol. The molecule has 144 valence electrons. The largest absolute Gasteiger partial charge is 0.491 e. The monoisotopic (exact) mass is 386 g/mol. The molecule has 3 rings (SSSR count). The zero-order chi connectivity index (χ0) is 19.2. The summed E-state index contributed by atoms with van der Waals surface area (Å²) in [5, 5.41) is 3.80. The van der Waals surface area contributed by atoms with E-state index >= 15 is 0 Å². The Labute approximate surface area is 166 Å². The second-order valence-electron chi connectivity index (χ2n) is 7.39. The Hall–Kier alpha value is -2.04. The van der Waals surface area contributed by atoms with E-state index in [9.17, 15) is 4.79 Å². The van der Waals surface area contributed by atoms with Crippen molar-refractivity contribution < 1.29 is 9.53 Å². The number of anilines is 1. The lowest BCUT2D eigenvalue weighted by molar-refractivity contribution is -0.121. The van der Waals surface area contributed by atoms with Gasteiger partial charge in [-0.25, -0.2) is 0 Å². The highest BCUT2D eigenvalue weighted by Crippen LogP contribution is 2.23. The van der Waals surface area contributed by atoms with Crippen molar-refractivity contribution in [3.05, 3.63) is 59.1 Å². The molecule has 2 aromatic rings. The van der Waals surface area contributed by atoms with Crippen LogP contribution in [-0.4, -0.2) is 30.0 Å². The molecule has 27 heavy (non-hydrogen) atoms. The molecule has 1 amide bonds. The van der Waals surface area contributed by atoms with Crippen LogP contribution in [0.2, 0.25) is 5.02 Å². The summed E-state index contributed by atoms with van der Waals surface area (Å²) < 4.78 is 5.70. The maximum absolute atomic E-state index is 12.8. The summed E-state index contributed by atoms with van der Waals surface area (Å²) in [5.74, 6) is 0.842. The van der Waals surface area contributed by atoms with Gasteiger partial charge in [-0.1, -0.05) is 29.8 Å². The van der Waals surface area contributed by atoms with Gasteiger partial charge < -0.3 is 10.1 Å². The molecule has 0 spiro atoms. The Balaban J connectivity index is 1.58. The third kappa shape index (κ3) is 5.98. The molecule has 1 aliphatic rings. The average Bonchev–Trinajstić information content (AvgIpc) is 2.62. The second-order valence-corrected chi connectivity index (χ2v) is 7.82. The molecule has 4 nitrogen and oxygen atoms in total. The molecule has 1 unspecified atom stereocenters. The molecule has 0 saturated carbocycles. The molecule has 1 aliphatic heterocycles. The van der Waals surface area contributed by atoms with E-state index in [1.807, 2.05) is 56.3 Å². The Kier molecular flexibility index (Phi) is 6.75. The molecule has 0 bridgehead atoms. The highest BCUT2D eigenvalue weighted by Gasteiger charge is 2.26. The van der Waals surface area contributed by atoms with Gasteiger partial charge in [-0.2, -0.15) is 0 Å². The predicted octanol–water partition coefficient (Wildman–Crippen LogP) is 4.98. The molecule has 0 radical (unpaired) electrons. The number of carbonyl (C=O) groups excluding carboxylic acids is 1. The van der Waals surface area contributed by atoms with E-state index in [1.165, 1.54) is 5.56 Å². The Morgan fingerprint density at radius 2 is 2.07 bits per heavy atom. The molecule has 1 atom stereocenters. The van der Waals surface area contributed by atoms with Crippen molar-refractivity contribution in [3.8, 4) is 5.75 Å². The first-order valence-corrected chi connectivity index (χ1v) is 9.92. The first kappa shape index (κ1) is 19.7. The highest BCUT2D eigenvalue weighted by atomic mass is 35.5. The summed E-state index contributed by atoms with van der Waals surface area (Å²) in [5.41, 5.74) is 1.97. The van der Waals surface area contributed by atoms with Crippen molar-refractivity contribution in [1.82, 2.24) is 4.90 Å². The van der Waals surface area contributed by atoms with Gasteiger partial charge in [0.05, 0.1) is 12.0 Å². The van der Waals surface area contributed by atoms with Crippen molar-refractivity contribution in [3.63, 3.8) is 0 Å². The van der Waals surface area contributed by atoms with Gasteiger partial charge in [0.15, 0.2) is 0 Å². The SMILES string of the molecule is CC(C)Oc1cccc(NC(=O)C2CCCN(Cc3cccc(Cl)c3)C2)c1. The lowest BCUT2D eigenvalue weighted by Gasteiger charge is -2.32. The molecule has 1 fully saturated rings. The molecule has 2 aromatic carbocycles. The lowest BCUT2D eigenvalue weighted by atomic mass is 9.96. The Bertz CT molecular complexity index is 778. The molecular weight excluding hydrogens is 360 g/mol. The molecule has 1 heterocycles. The van der Waals surface area contributed by atoms with Crippen molar-refractivity contribution in [2.45, 2.75) is 39.3 Å². The first-order valence-electron chi connectivity index (χ1n) is 9.54. The fraction of sp³-hybridized carbons (Fsp3) is 0.409. The Morgan fingerprint density at radius 1 is 1.26 bits per heavy atom. The first-order chi connectivity index (χ1) is 13.0. The minimum absolute atomic E-state index is 0.00684. The van der Waals surface area contributed by atoms with Crippen LogP contribution in [0, 0.1) is 5.92 Å². The third-order valence-electron chi connectivity index (χ3n) is 4.64. The number of piperidine rings is 1. The zero-order valence-electron chi connectivity index (χ0n) is 16.0. The number of hydrogen-bond acceptors (Lipinski definition) is 3. The summed E-state index contributed by atoms with van der Waals surface area (Å²) in [7, 11) is 0. The van der Waals surface area contributed by atoms with Crippen molar-refractivity contribution >= 4 is 23.2 Å². The number of carbonyl (C=O) groups is 1. The van der Waals surface area contributed by atoms with Gasteiger partial charge in [0.25, 0.3) is 0 Å². The van der Waals surface area contributed by atoms with Crippen molar-refractivity contribution in [1.29, 1.82) is 0 Å². The van der Waals surface area contributed by atoms with Crippen LogP contribution >= 0.6 is 11.6 Å². The normalized spacial score (nSPS) is 17.7. The van der Waals surface area contributed by atoms with E-state index in [2.05, 4.69) is 16.3 Å². The minimum Gasteiger partial charge on any atom is -0.491 e. The van der Waals surface area contributed by atoms with Crippen LogP contribution in [0.4, 0.5) is 5.69 Å². The number of hydrogen-bond donors (Lipinski definition) is 1. The summed E-state index contributed by atoms with van der Waals surface area (Å²) in [6.45, 7) is 6.57. The van der Waals surface area contributed by atoms with Gasteiger partial charge in [-0.15, -0.1) is 0 Å². The van der Waals surface area contributed by atoms with Gasteiger partial charge in [0, 0.05) is 29.9 Å². The maximum Gasteiger partial charge on any atom is 0.228 e. The van der Waals surface area contributed by atoms with Crippen LogP contribution in [0.25, 0.3) is 0 Å². The molecule has 1 N–H and O–H groups in total. The van der Waals surface area contributed by atoms with Crippen LogP contribution < -0.4 is 10.1 Å². The van der Waals surface area contributed by atoms with Gasteiger partial charge in [-0.05, 0) is 63.1 Å². The van der Waals surface area contributed by atoms with Crippen molar-refractivity contribution in [2.24, 2.45) is 5.92 Å². The second kappa shape index (κ2) is 9.25. The number of benzene rings is 2. The number of ether oxygens (including phenoxy) is 1. The highest BCUT2D eigenvalue weighted by molar-refractivity contribution is 6.30. The van der Waals surface area contributed by atoms with Crippen LogP contribution in [0.15, 0.2) is 48.5 Å². The predicted molar refractivity (Wildman–Crippen MR) is 110 cm³/mol.